The Bertz CT molecular complexity index is 1430. The topological polar surface area (TPSA) is 93.9 Å². The molecule has 1 atom stereocenters. The lowest BCUT2D eigenvalue weighted by Gasteiger charge is -2.23. The van der Waals surface area contributed by atoms with Crippen LogP contribution in [0.3, 0.4) is 0 Å². The molecule has 1 fully saturated rings. The first kappa shape index (κ1) is 28.2. The lowest BCUT2D eigenvalue weighted by molar-refractivity contribution is -0.141. The number of esters is 1. The van der Waals surface area contributed by atoms with Crippen LogP contribution in [0.2, 0.25) is 0 Å². The Morgan fingerprint density at radius 1 is 1.00 bits per heavy atom. The van der Waals surface area contributed by atoms with E-state index in [0.29, 0.717) is 36.8 Å². The Kier molecular flexibility index (Phi) is 9.19. The molecule has 1 unspecified atom stereocenters. The number of likely N-dealkylation sites (N-methyl/N-ethyl adjacent to an activating group) is 1. The average Bonchev–Trinajstić information content (AvgIpc) is 3.46. The van der Waals surface area contributed by atoms with Crippen LogP contribution in [0.4, 0.5) is 11.7 Å². The van der Waals surface area contributed by atoms with Crippen molar-refractivity contribution in [2.75, 3.05) is 37.5 Å². The summed E-state index contributed by atoms with van der Waals surface area (Å²) in [7, 11) is 3.29. The molecule has 0 aliphatic heterocycles. The molecule has 0 bridgehead atoms. The lowest BCUT2D eigenvalue weighted by Crippen LogP contribution is -2.33. The van der Waals surface area contributed by atoms with Crippen LogP contribution in [0.15, 0.2) is 77.2 Å². The Hall–Kier alpha value is -4.33. The average molecular weight is 556 g/mol. The monoisotopic (exact) mass is 555 g/mol. The molecule has 4 aromatic rings. The van der Waals surface area contributed by atoms with Crippen molar-refractivity contribution < 1.29 is 23.5 Å². The number of Topliss-reactive ketones (excluding diaryl/α,β-unsaturated/α-hetero) is 1. The molecule has 1 heterocycles. The van der Waals surface area contributed by atoms with Gasteiger partial charge in [0, 0.05) is 30.6 Å². The molecule has 1 aliphatic rings. The summed E-state index contributed by atoms with van der Waals surface area (Å²) in [6.07, 6.45) is 5.62. The molecule has 3 aromatic carbocycles. The number of hydrogen-bond donors (Lipinski definition) is 1. The van der Waals surface area contributed by atoms with Crippen LogP contribution in [0.1, 0.15) is 48.0 Å². The van der Waals surface area contributed by atoms with Gasteiger partial charge in [0.15, 0.2) is 11.4 Å². The molecule has 0 radical (unpaired) electrons. The van der Waals surface area contributed by atoms with E-state index < -0.39 is 6.04 Å². The fraction of sp³-hybridized carbons (Fsp3) is 0.364. The fourth-order valence-electron chi connectivity index (χ4n) is 5.31. The summed E-state index contributed by atoms with van der Waals surface area (Å²) in [5, 5.41) is 3.31. The first-order valence-electron chi connectivity index (χ1n) is 14.3. The first-order valence-corrected chi connectivity index (χ1v) is 14.3. The summed E-state index contributed by atoms with van der Waals surface area (Å²) >= 11 is 0. The zero-order chi connectivity index (χ0) is 28.6. The standard InChI is InChI=1S/C33H37N3O5/c1-36(33-35-28-14-8-9-15-30(28)41-33)20-21-40-25-18-16-23(17-19-25)22-29(32(38)39-2)34-27-13-7-6-12-26(27)31(37)24-10-4-3-5-11-24/h6-9,12-19,24,29,34H,3-5,10-11,20-22H2,1-2H3. The molecule has 5 rings (SSSR count). The second kappa shape index (κ2) is 13.4. The summed E-state index contributed by atoms with van der Waals surface area (Å²) in [6.45, 7) is 1.05. The van der Waals surface area contributed by atoms with E-state index in [4.69, 9.17) is 13.9 Å². The quantitative estimate of drug-likeness (QED) is 0.161. The van der Waals surface area contributed by atoms with Crippen molar-refractivity contribution in [2.24, 2.45) is 5.92 Å². The summed E-state index contributed by atoms with van der Waals surface area (Å²) in [6, 6.07) is 22.7. The molecule has 214 valence electrons. The van der Waals surface area contributed by atoms with E-state index in [1.54, 1.807) is 0 Å². The smallest absolute Gasteiger partial charge is 0.328 e. The van der Waals surface area contributed by atoms with Gasteiger partial charge in [-0.3, -0.25) is 4.79 Å². The normalized spacial score (nSPS) is 14.4. The van der Waals surface area contributed by atoms with E-state index in [0.717, 1.165) is 48.1 Å². The molecule has 8 nitrogen and oxygen atoms in total. The van der Waals surface area contributed by atoms with Crippen LogP contribution in [0.25, 0.3) is 11.1 Å². The van der Waals surface area contributed by atoms with Gasteiger partial charge in [0.05, 0.1) is 13.7 Å². The zero-order valence-electron chi connectivity index (χ0n) is 23.7. The van der Waals surface area contributed by atoms with Gasteiger partial charge in [-0.1, -0.05) is 55.7 Å². The van der Waals surface area contributed by atoms with Crippen molar-refractivity contribution in [1.82, 2.24) is 4.98 Å². The fourth-order valence-corrected chi connectivity index (χ4v) is 5.31. The van der Waals surface area contributed by atoms with Crippen molar-refractivity contribution >= 4 is 34.6 Å². The van der Waals surface area contributed by atoms with Gasteiger partial charge < -0.3 is 24.1 Å². The number of hydrogen-bond acceptors (Lipinski definition) is 8. The Labute approximate surface area is 240 Å². The van der Waals surface area contributed by atoms with Crippen molar-refractivity contribution in [1.29, 1.82) is 0 Å². The third-order valence-electron chi connectivity index (χ3n) is 7.65. The lowest BCUT2D eigenvalue weighted by atomic mass is 9.83. The molecule has 41 heavy (non-hydrogen) atoms. The molecule has 0 saturated heterocycles. The molecule has 1 aliphatic carbocycles. The summed E-state index contributed by atoms with van der Waals surface area (Å²) in [5.41, 5.74) is 3.83. The third kappa shape index (κ3) is 7.06. The van der Waals surface area contributed by atoms with Crippen LogP contribution < -0.4 is 15.0 Å². The van der Waals surface area contributed by atoms with Gasteiger partial charge in [-0.2, -0.15) is 4.98 Å². The molecule has 1 saturated carbocycles. The molecule has 1 aromatic heterocycles. The van der Waals surface area contributed by atoms with Gasteiger partial charge in [-0.25, -0.2) is 4.79 Å². The van der Waals surface area contributed by atoms with E-state index >= 15 is 0 Å². The summed E-state index contributed by atoms with van der Waals surface area (Å²) < 4.78 is 16.8. The number of nitrogens with zero attached hydrogens (tertiary/aromatic N) is 2. The second-order valence-corrected chi connectivity index (χ2v) is 10.5. The highest BCUT2D eigenvalue weighted by atomic mass is 16.5. The Morgan fingerprint density at radius 2 is 1.73 bits per heavy atom. The number of para-hydroxylation sites is 3. The predicted octanol–water partition coefficient (Wildman–Crippen LogP) is 6.30. The Morgan fingerprint density at radius 3 is 2.49 bits per heavy atom. The number of carbonyl (C=O) groups excluding carboxylic acids is 2. The minimum Gasteiger partial charge on any atom is -0.492 e. The number of ketones is 1. The van der Waals surface area contributed by atoms with Crippen molar-refractivity contribution in [3.05, 3.63) is 83.9 Å². The molecule has 0 spiro atoms. The number of aromatic nitrogens is 1. The number of ether oxygens (including phenoxy) is 2. The minimum absolute atomic E-state index is 0.0468. The van der Waals surface area contributed by atoms with E-state index in [9.17, 15) is 9.59 Å². The van der Waals surface area contributed by atoms with E-state index in [1.165, 1.54) is 13.5 Å². The minimum atomic E-state index is -0.642. The highest BCUT2D eigenvalue weighted by molar-refractivity contribution is 6.03. The van der Waals surface area contributed by atoms with E-state index in [1.807, 2.05) is 84.7 Å². The van der Waals surface area contributed by atoms with Crippen LogP contribution in [0, 0.1) is 5.92 Å². The number of anilines is 2. The van der Waals surface area contributed by atoms with Crippen LogP contribution >= 0.6 is 0 Å². The highest BCUT2D eigenvalue weighted by Gasteiger charge is 2.26. The van der Waals surface area contributed by atoms with Crippen LogP contribution in [-0.2, 0) is 16.0 Å². The van der Waals surface area contributed by atoms with Gasteiger partial charge >= 0.3 is 5.97 Å². The maximum absolute atomic E-state index is 13.3. The molecular weight excluding hydrogens is 518 g/mol. The van der Waals surface area contributed by atoms with Crippen molar-refractivity contribution in [3.8, 4) is 5.75 Å². The maximum atomic E-state index is 13.3. The number of benzene rings is 3. The van der Waals surface area contributed by atoms with Gasteiger partial charge in [-0.05, 0) is 54.8 Å². The summed E-state index contributed by atoms with van der Waals surface area (Å²) in [5.74, 6) is 0.545. The molecule has 8 heteroatoms. The van der Waals surface area contributed by atoms with Crippen molar-refractivity contribution in [3.63, 3.8) is 0 Å². The number of fused-ring (bicyclic) bond motifs is 1. The third-order valence-corrected chi connectivity index (χ3v) is 7.65. The van der Waals surface area contributed by atoms with E-state index in [2.05, 4.69) is 10.3 Å². The number of methoxy groups -OCH3 is 1. The number of nitrogens with one attached hydrogen (secondary N) is 1. The maximum Gasteiger partial charge on any atom is 0.328 e. The molecule has 1 N–H and O–H groups in total. The highest BCUT2D eigenvalue weighted by Crippen LogP contribution is 2.30. The van der Waals surface area contributed by atoms with Gasteiger partial charge in [0.2, 0.25) is 0 Å². The SMILES string of the molecule is COC(=O)C(Cc1ccc(OCCN(C)c2nc3ccccc3o2)cc1)Nc1ccccc1C(=O)C1CCCCC1. The van der Waals surface area contributed by atoms with Crippen LogP contribution in [0.5, 0.6) is 5.75 Å². The number of oxazole rings is 1. The Balaban J connectivity index is 1.18. The van der Waals surface area contributed by atoms with Crippen LogP contribution in [-0.4, -0.2) is 50.1 Å². The van der Waals surface area contributed by atoms with Gasteiger partial charge in [0.25, 0.3) is 6.01 Å². The van der Waals surface area contributed by atoms with Gasteiger partial charge in [-0.15, -0.1) is 0 Å². The first-order chi connectivity index (χ1) is 20.0. The second-order valence-electron chi connectivity index (χ2n) is 10.5. The predicted molar refractivity (Wildman–Crippen MR) is 160 cm³/mol. The number of rotatable bonds is 12. The van der Waals surface area contributed by atoms with Gasteiger partial charge in [0.1, 0.15) is 23.9 Å². The van der Waals surface area contributed by atoms with Crippen molar-refractivity contribution in [2.45, 2.75) is 44.6 Å². The molecular formula is C33H37N3O5. The zero-order valence-corrected chi connectivity index (χ0v) is 23.7. The van der Waals surface area contributed by atoms with E-state index in [-0.39, 0.29) is 17.7 Å². The largest absolute Gasteiger partial charge is 0.492 e. The molecule has 0 amide bonds. The summed E-state index contributed by atoms with van der Waals surface area (Å²) in [4.78, 5) is 32.5. The number of carbonyl (C=O) groups is 2.